The van der Waals surface area contributed by atoms with Crippen molar-refractivity contribution >= 4 is 17.5 Å². The molecule has 0 radical (unpaired) electrons. The van der Waals surface area contributed by atoms with Gasteiger partial charge >= 0.3 is 0 Å². The van der Waals surface area contributed by atoms with E-state index in [0.717, 1.165) is 0 Å². The van der Waals surface area contributed by atoms with E-state index in [1.165, 1.54) is 0 Å². The van der Waals surface area contributed by atoms with Gasteiger partial charge in [-0.2, -0.15) is 0 Å². The summed E-state index contributed by atoms with van der Waals surface area (Å²) >= 11 is 0. The van der Waals surface area contributed by atoms with Gasteiger partial charge in [-0.1, -0.05) is 6.92 Å². The van der Waals surface area contributed by atoms with Crippen LogP contribution in [0.15, 0.2) is 0 Å². The molecule has 0 unspecified atom stereocenters. The van der Waals surface area contributed by atoms with E-state index in [4.69, 9.17) is 0 Å². The number of rotatable bonds is 1. The van der Waals surface area contributed by atoms with E-state index < -0.39 is 0 Å². The first kappa shape index (κ1) is 11.8. The summed E-state index contributed by atoms with van der Waals surface area (Å²) in [6.07, 6.45) is 2.38. The quantitative estimate of drug-likeness (QED) is 0.649. The first-order chi connectivity index (χ1) is 6.06. The third kappa shape index (κ3) is 7.18. The highest BCUT2D eigenvalue weighted by Gasteiger charge is 2.13. The van der Waals surface area contributed by atoms with Gasteiger partial charge in [0.2, 0.25) is 5.91 Å². The minimum atomic E-state index is -0.245. The Balaban J connectivity index is 0.000000252. The molecule has 0 aromatic carbocycles. The standard InChI is InChI=1S/C6H8O2.C3H7NO/c7-5-1-2-6(8)4-3-5;1-2-3(4)5/h1-4H2;2H2,1H3,(H2,4,5). The lowest BCUT2D eigenvalue weighted by atomic mass is 9.98. The van der Waals surface area contributed by atoms with Crippen molar-refractivity contribution in [2.45, 2.75) is 39.0 Å². The van der Waals surface area contributed by atoms with Crippen molar-refractivity contribution in [3.05, 3.63) is 0 Å². The fourth-order valence-electron chi connectivity index (χ4n) is 0.808. The zero-order valence-corrected chi connectivity index (χ0v) is 7.84. The molecule has 4 heteroatoms. The number of nitrogens with two attached hydrogens (primary N) is 1. The Hall–Kier alpha value is -1.19. The molecule has 13 heavy (non-hydrogen) atoms. The Labute approximate surface area is 77.5 Å². The van der Waals surface area contributed by atoms with E-state index in [9.17, 15) is 14.4 Å². The summed E-state index contributed by atoms with van der Waals surface area (Å²) in [6.45, 7) is 1.72. The normalized spacial score (nSPS) is 16.1. The lowest BCUT2D eigenvalue weighted by Gasteiger charge is -2.04. The van der Waals surface area contributed by atoms with Crippen LogP contribution < -0.4 is 5.73 Å². The summed E-state index contributed by atoms with van der Waals surface area (Å²) in [6, 6.07) is 0. The molecule has 1 fully saturated rings. The van der Waals surface area contributed by atoms with Crippen LogP contribution in [0.25, 0.3) is 0 Å². The Morgan fingerprint density at radius 1 is 1.15 bits per heavy atom. The summed E-state index contributed by atoms with van der Waals surface area (Å²) in [4.78, 5) is 30.5. The van der Waals surface area contributed by atoms with Crippen molar-refractivity contribution in [1.82, 2.24) is 0 Å². The maximum atomic E-state index is 10.5. The van der Waals surface area contributed by atoms with Crippen LogP contribution in [0, 0.1) is 0 Å². The number of carbonyl (C=O) groups excluding carboxylic acids is 3. The predicted octanol–water partition coefficient (Wildman–Crippen LogP) is 0.580. The highest BCUT2D eigenvalue weighted by molar-refractivity contribution is 5.92. The Morgan fingerprint density at radius 2 is 1.38 bits per heavy atom. The number of amides is 1. The molecule has 0 heterocycles. The van der Waals surface area contributed by atoms with E-state index in [0.29, 0.717) is 32.1 Å². The van der Waals surface area contributed by atoms with Crippen LogP contribution in [-0.4, -0.2) is 17.5 Å². The van der Waals surface area contributed by atoms with Gasteiger partial charge in [0.15, 0.2) is 0 Å². The molecular weight excluding hydrogens is 170 g/mol. The van der Waals surface area contributed by atoms with Crippen LogP contribution in [0.3, 0.4) is 0 Å². The van der Waals surface area contributed by atoms with E-state index >= 15 is 0 Å². The lowest BCUT2D eigenvalue weighted by molar-refractivity contribution is -0.128. The first-order valence-corrected chi connectivity index (χ1v) is 4.38. The van der Waals surface area contributed by atoms with E-state index in [-0.39, 0.29) is 17.5 Å². The van der Waals surface area contributed by atoms with Crippen molar-refractivity contribution in [2.75, 3.05) is 0 Å². The zero-order chi connectivity index (χ0) is 10.3. The molecule has 0 spiro atoms. The summed E-state index contributed by atoms with van der Waals surface area (Å²) in [5, 5.41) is 0. The average molecular weight is 185 g/mol. The smallest absolute Gasteiger partial charge is 0.217 e. The summed E-state index contributed by atoms with van der Waals surface area (Å²) in [5.74, 6) is 0.235. The SMILES string of the molecule is CCC(N)=O.O=C1CCC(=O)CC1. The van der Waals surface area contributed by atoms with Crippen LogP contribution >= 0.6 is 0 Å². The van der Waals surface area contributed by atoms with E-state index in [2.05, 4.69) is 5.73 Å². The van der Waals surface area contributed by atoms with E-state index in [1.54, 1.807) is 6.92 Å². The molecule has 4 nitrogen and oxygen atoms in total. The van der Waals surface area contributed by atoms with Crippen molar-refractivity contribution < 1.29 is 14.4 Å². The highest BCUT2D eigenvalue weighted by Crippen LogP contribution is 2.08. The minimum absolute atomic E-state index is 0.240. The molecule has 1 aliphatic rings. The summed E-state index contributed by atoms with van der Waals surface area (Å²) in [5.41, 5.74) is 4.65. The maximum Gasteiger partial charge on any atom is 0.217 e. The monoisotopic (exact) mass is 185 g/mol. The van der Waals surface area contributed by atoms with Gasteiger partial charge in [0.25, 0.3) is 0 Å². The lowest BCUT2D eigenvalue weighted by Crippen LogP contribution is -2.12. The fourth-order valence-corrected chi connectivity index (χ4v) is 0.808. The van der Waals surface area contributed by atoms with Crippen molar-refractivity contribution in [2.24, 2.45) is 5.73 Å². The second-order valence-corrected chi connectivity index (χ2v) is 2.90. The second-order valence-electron chi connectivity index (χ2n) is 2.90. The molecule has 0 aromatic heterocycles. The van der Waals surface area contributed by atoms with Crippen molar-refractivity contribution in [3.63, 3.8) is 0 Å². The molecule has 1 rings (SSSR count). The Bertz CT molecular complexity index is 183. The van der Waals surface area contributed by atoms with Crippen LogP contribution in [0.5, 0.6) is 0 Å². The third-order valence-corrected chi connectivity index (χ3v) is 1.71. The van der Waals surface area contributed by atoms with Gasteiger partial charge in [0.1, 0.15) is 11.6 Å². The van der Waals surface area contributed by atoms with Gasteiger partial charge in [0, 0.05) is 32.1 Å². The number of hydrogen-bond acceptors (Lipinski definition) is 3. The summed E-state index contributed by atoms with van der Waals surface area (Å²) < 4.78 is 0. The van der Waals surface area contributed by atoms with Crippen molar-refractivity contribution in [1.29, 1.82) is 0 Å². The van der Waals surface area contributed by atoms with Crippen LogP contribution in [-0.2, 0) is 14.4 Å². The van der Waals surface area contributed by atoms with Crippen LogP contribution in [0.1, 0.15) is 39.0 Å². The molecule has 0 bridgehead atoms. The molecule has 2 N–H and O–H groups in total. The number of primary amides is 1. The Morgan fingerprint density at radius 3 is 1.54 bits per heavy atom. The molecule has 0 aliphatic heterocycles. The van der Waals surface area contributed by atoms with Gasteiger partial charge in [-0.05, 0) is 0 Å². The molecule has 0 saturated heterocycles. The first-order valence-electron chi connectivity index (χ1n) is 4.38. The molecule has 0 aromatic rings. The molecule has 0 atom stereocenters. The molecule has 1 aliphatic carbocycles. The number of Topliss-reactive ketones (excluding diaryl/α,β-unsaturated/α-hetero) is 2. The fraction of sp³-hybridized carbons (Fsp3) is 0.667. The van der Waals surface area contributed by atoms with Crippen molar-refractivity contribution in [3.8, 4) is 0 Å². The Kier molecular flexibility index (Phi) is 5.76. The third-order valence-electron chi connectivity index (χ3n) is 1.71. The second kappa shape index (κ2) is 6.34. The number of carbonyl (C=O) groups is 3. The maximum absolute atomic E-state index is 10.5. The topological polar surface area (TPSA) is 77.2 Å². The van der Waals surface area contributed by atoms with Crippen LogP contribution in [0.4, 0.5) is 0 Å². The minimum Gasteiger partial charge on any atom is -0.370 e. The van der Waals surface area contributed by atoms with E-state index in [1.807, 2.05) is 0 Å². The molecule has 1 saturated carbocycles. The molecule has 1 amide bonds. The summed E-state index contributed by atoms with van der Waals surface area (Å²) in [7, 11) is 0. The van der Waals surface area contributed by atoms with Gasteiger partial charge in [-0.3, -0.25) is 14.4 Å². The average Bonchev–Trinajstić information content (AvgIpc) is 2.11. The number of ketones is 2. The van der Waals surface area contributed by atoms with Crippen LogP contribution in [0.2, 0.25) is 0 Å². The molecule has 74 valence electrons. The predicted molar refractivity (Wildman–Crippen MR) is 48.0 cm³/mol. The molecular formula is C9H15NO3. The van der Waals surface area contributed by atoms with Gasteiger partial charge in [0.05, 0.1) is 0 Å². The van der Waals surface area contributed by atoms with Gasteiger partial charge < -0.3 is 5.73 Å². The van der Waals surface area contributed by atoms with Gasteiger partial charge in [-0.25, -0.2) is 0 Å². The number of hydrogen-bond donors (Lipinski definition) is 1. The largest absolute Gasteiger partial charge is 0.370 e. The van der Waals surface area contributed by atoms with Gasteiger partial charge in [-0.15, -0.1) is 0 Å². The highest BCUT2D eigenvalue weighted by atomic mass is 16.1. The zero-order valence-electron chi connectivity index (χ0n) is 7.84.